The van der Waals surface area contributed by atoms with Gasteiger partial charge in [-0.25, -0.2) is 0 Å². The summed E-state index contributed by atoms with van der Waals surface area (Å²) in [5.41, 5.74) is 0. The van der Waals surface area contributed by atoms with E-state index in [1.165, 1.54) is 0 Å². The van der Waals surface area contributed by atoms with Crippen molar-refractivity contribution in [3.05, 3.63) is 182 Å². The maximum absolute atomic E-state index is 2.00. The van der Waals surface area contributed by atoms with Crippen LogP contribution in [0.15, 0.2) is 182 Å². The highest BCUT2D eigenvalue weighted by Crippen LogP contribution is 1.82. The van der Waals surface area contributed by atoms with E-state index >= 15 is 0 Å². The van der Waals surface area contributed by atoms with E-state index in [0.717, 1.165) is 0 Å². The predicted octanol–water partition coefficient (Wildman–Crippen LogP) is 11.3. The fraction of sp³-hybridized carbons (Fsp3) is 0. The van der Waals surface area contributed by atoms with E-state index in [4.69, 9.17) is 0 Å². The van der Waals surface area contributed by atoms with Crippen molar-refractivity contribution >= 4 is 84.9 Å². The Hall–Kier alpha value is -1.50. The third-order valence-corrected chi connectivity index (χ3v) is 3.33. The third kappa shape index (κ3) is 37.2. The normalized spacial score (nSPS) is 6.86. The van der Waals surface area contributed by atoms with Crippen molar-refractivity contribution in [2.75, 3.05) is 0 Å². The molecular formula is C30H35Br5. The smallest absolute Gasteiger partial charge is 0.0623 e. The van der Waals surface area contributed by atoms with Crippen molar-refractivity contribution in [2.45, 2.75) is 0 Å². The summed E-state index contributed by atoms with van der Waals surface area (Å²) in [6, 6.07) is 60.0. The fourth-order valence-electron chi connectivity index (χ4n) is 1.92. The first-order valence-electron chi connectivity index (χ1n) is 10.0. The molecule has 0 unspecified atom stereocenters. The van der Waals surface area contributed by atoms with Gasteiger partial charge in [0.25, 0.3) is 0 Å². The van der Waals surface area contributed by atoms with E-state index in [1.807, 2.05) is 182 Å². The molecular weight excluding hydrogens is 760 g/mol. The molecule has 5 heteroatoms. The molecule has 190 valence electrons. The summed E-state index contributed by atoms with van der Waals surface area (Å²) in [5.74, 6) is 0. The summed E-state index contributed by atoms with van der Waals surface area (Å²) >= 11 is 0. The van der Waals surface area contributed by atoms with E-state index in [1.54, 1.807) is 0 Å². The van der Waals surface area contributed by atoms with Gasteiger partial charge in [-0.1, -0.05) is 182 Å². The van der Waals surface area contributed by atoms with Crippen LogP contribution >= 0.6 is 84.9 Å². The molecule has 0 amide bonds. The summed E-state index contributed by atoms with van der Waals surface area (Å²) in [7, 11) is 0. The van der Waals surface area contributed by atoms with Gasteiger partial charge in [-0.05, 0) is 0 Å². The van der Waals surface area contributed by atoms with E-state index in [2.05, 4.69) is 0 Å². The van der Waals surface area contributed by atoms with Crippen LogP contribution in [0.25, 0.3) is 0 Å². The average Bonchev–Trinajstić information content (AvgIpc) is 2.91. The fourth-order valence-corrected chi connectivity index (χ4v) is 1.92. The van der Waals surface area contributed by atoms with Gasteiger partial charge in [0.1, 0.15) is 0 Å². The molecule has 0 heterocycles. The lowest BCUT2D eigenvalue weighted by Gasteiger charge is -1.69. The Labute approximate surface area is 264 Å². The first kappa shape index (κ1) is 43.6. The van der Waals surface area contributed by atoms with Crippen LogP contribution in [-0.4, -0.2) is 0 Å². The monoisotopic (exact) mass is 790 g/mol. The van der Waals surface area contributed by atoms with Gasteiger partial charge >= 0.3 is 0 Å². The minimum Gasteiger partial charge on any atom is -0.114 e. The first-order valence-corrected chi connectivity index (χ1v) is 10.0. The zero-order valence-electron chi connectivity index (χ0n) is 19.4. The van der Waals surface area contributed by atoms with Crippen LogP contribution in [0, 0.1) is 0 Å². The summed E-state index contributed by atoms with van der Waals surface area (Å²) in [4.78, 5) is 0. The lowest BCUT2D eigenvalue weighted by molar-refractivity contribution is 1.72. The van der Waals surface area contributed by atoms with E-state index in [-0.39, 0.29) is 84.9 Å². The number of halogens is 5. The maximum Gasteiger partial charge on any atom is -0.0623 e. The van der Waals surface area contributed by atoms with Gasteiger partial charge in [-0.2, -0.15) is 0 Å². The summed E-state index contributed by atoms with van der Waals surface area (Å²) in [5, 5.41) is 0. The number of hydrogen-bond donors (Lipinski definition) is 0. The Morgan fingerprint density at radius 3 is 0.143 bits per heavy atom. The maximum atomic E-state index is 2.00. The lowest BCUT2D eigenvalue weighted by Crippen LogP contribution is -1.47. The van der Waals surface area contributed by atoms with Gasteiger partial charge in [0, 0.05) is 0 Å². The van der Waals surface area contributed by atoms with E-state index < -0.39 is 0 Å². The van der Waals surface area contributed by atoms with Crippen molar-refractivity contribution in [3.63, 3.8) is 0 Å². The average molecular weight is 795 g/mol. The highest BCUT2D eigenvalue weighted by Gasteiger charge is 1.60. The SMILES string of the molecule is Br.Br.Br.Br.Br.c1ccccc1.c1ccccc1.c1ccccc1.c1ccccc1.c1ccccc1. The highest BCUT2D eigenvalue weighted by atomic mass is 79.9. The standard InChI is InChI=1S/5C6H6.5BrH/c5*1-2-4-6-5-3-1;;;;;/h5*1-6H;5*1H. The van der Waals surface area contributed by atoms with Gasteiger partial charge in [-0.3, -0.25) is 0 Å². The predicted molar refractivity (Wildman–Crippen MR) is 184 cm³/mol. The van der Waals surface area contributed by atoms with Crippen LogP contribution in [0.3, 0.4) is 0 Å². The van der Waals surface area contributed by atoms with Gasteiger partial charge in [0.2, 0.25) is 0 Å². The van der Waals surface area contributed by atoms with Crippen LogP contribution in [0.5, 0.6) is 0 Å². The minimum absolute atomic E-state index is 0. The van der Waals surface area contributed by atoms with Crippen LogP contribution in [0.4, 0.5) is 0 Å². The number of rotatable bonds is 0. The molecule has 5 aromatic carbocycles. The molecule has 0 saturated heterocycles. The molecule has 0 saturated carbocycles. The second kappa shape index (κ2) is 39.7. The molecule has 0 aromatic heterocycles. The van der Waals surface area contributed by atoms with Crippen LogP contribution < -0.4 is 0 Å². The molecule has 0 aliphatic carbocycles. The van der Waals surface area contributed by atoms with Crippen molar-refractivity contribution < 1.29 is 0 Å². The molecule has 5 aromatic rings. The van der Waals surface area contributed by atoms with Gasteiger partial charge < -0.3 is 0 Å². The van der Waals surface area contributed by atoms with Crippen molar-refractivity contribution in [2.24, 2.45) is 0 Å². The molecule has 0 radical (unpaired) electrons. The quantitative estimate of drug-likeness (QED) is 0.146. The molecule has 0 aliphatic heterocycles. The Kier molecular flexibility index (Phi) is 49.4. The Morgan fingerprint density at radius 2 is 0.114 bits per heavy atom. The van der Waals surface area contributed by atoms with E-state index in [9.17, 15) is 0 Å². The summed E-state index contributed by atoms with van der Waals surface area (Å²) in [6.45, 7) is 0. The van der Waals surface area contributed by atoms with E-state index in [0.29, 0.717) is 0 Å². The lowest BCUT2D eigenvalue weighted by atomic mass is 10.4. The van der Waals surface area contributed by atoms with Crippen LogP contribution in [0.1, 0.15) is 0 Å². The molecule has 0 nitrogen and oxygen atoms in total. The van der Waals surface area contributed by atoms with Gasteiger partial charge in [-0.15, -0.1) is 84.9 Å². The Bertz CT molecular complexity index is 563. The molecule has 0 bridgehead atoms. The molecule has 0 atom stereocenters. The van der Waals surface area contributed by atoms with Crippen molar-refractivity contribution in [1.82, 2.24) is 0 Å². The second-order valence-electron chi connectivity index (χ2n) is 5.77. The first-order chi connectivity index (χ1) is 15.0. The van der Waals surface area contributed by atoms with Crippen molar-refractivity contribution in [1.29, 1.82) is 0 Å². The van der Waals surface area contributed by atoms with Crippen LogP contribution in [-0.2, 0) is 0 Å². The molecule has 35 heavy (non-hydrogen) atoms. The molecule has 0 spiro atoms. The molecule has 0 fully saturated rings. The topological polar surface area (TPSA) is 0 Å². The summed E-state index contributed by atoms with van der Waals surface area (Å²) in [6.07, 6.45) is 0. The van der Waals surface area contributed by atoms with Crippen LogP contribution in [0.2, 0.25) is 0 Å². The second-order valence-corrected chi connectivity index (χ2v) is 5.77. The van der Waals surface area contributed by atoms with Gasteiger partial charge in [0.15, 0.2) is 0 Å². The third-order valence-electron chi connectivity index (χ3n) is 3.33. The zero-order valence-corrected chi connectivity index (χ0v) is 27.9. The summed E-state index contributed by atoms with van der Waals surface area (Å²) < 4.78 is 0. The largest absolute Gasteiger partial charge is 0.114 e. The molecule has 5 rings (SSSR count). The Balaban J connectivity index is -0.000000103. The highest BCUT2D eigenvalue weighted by molar-refractivity contribution is 8.93. The minimum atomic E-state index is 0. The van der Waals surface area contributed by atoms with Gasteiger partial charge in [0.05, 0.1) is 0 Å². The molecule has 0 N–H and O–H groups in total. The zero-order chi connectivity index (χ0) is 21.2. The number of benzene rings is 5. The number of hydrogen-bond acceptors (Lipinski definition) is 0. The van der Waals surface area contributed by atoms with Crippen molar-refractivity contribution in [3.8, 4) is 0 Å². The molecule has 0 aliphatic rings. The Morgan fingerprint density at radius 1 is 0.0857 bits per heavy atom.